The molecule has 2 aromatic carbocycles. The van der Waals surface area contributed by atoms with Crippen molar-refractivity contribution >= 4 is 17.5 Å². The quantitative estimate of drug-likeness (QED) is 0.797. The van der Waals surface area contributed by atoms with Crippen LogP contribution in [0.5, 0.6) is 0 Å². The average Bonchev–Trinajstić information content (AvgIpc) is 2.92. The summed E-state index contributed by atoms with van der Waals surface area (Å²) in [6.45, 7) is 1.53. The van der Waals surface area contributed by atoms with Crippen molar-refractivity contribution in [2.75, 3.05) is 0 Å². The lowest BCUT2D eigenvalue weighted by molar-refractivity contribution is -0.145. The molecule has 1 heterocycles. The molecule has 2 aromatic rings. The second-order valence-electron chi connectivity index (χ2n) is 5.66. The van der Waals surface area contributed by atoms with Crippen LogP contribution in [0.3, 0.4) is 0 Å². The number of carbonyl (C=O) groups is 2. The average molecular weight is 307 g/mol. The van der Waals surface area contributed by atoms with Gasteiger partial charge in [-0.05, 0) is 18.9 Å². The predicted octanol–water partition coefficient (Wildman–Crippen LogP) is 3.25. The van der Waals surface area contributed by atoms with Crippen molar-refractivity contribution < 1.29 is 14.4 Å². The molecule has 1 atom stereocenters. The van der Waals surface area contributed by atoms with Crippen molar-refractivity contribution in [2.24, 2.45) is 5.16 Å². The van der Waals surface area contributed by atoms with Crippen LogP contribution in [0.25, 0.3) is 0 Å². The van der Waals surface area contributed by atoms with E-state index in [0.29, 0.717) is 12.1 Å². The van der Waals surface area contributed by atoms with E-state index in [0.717, 1.165) is 11.1 Å². The Hall–Kier alpha value is -2.75. The van der Waals surface area contributed by atoms with Gasteiger partial charge in [-0.2, -0.15) is 0 Å². The fraction of sp³-hybridized carbons (Fsp3) is 0.211. The SMILES string of the molecule is CC(=O)CC[C@@]1(c2ccccc2)C(=O)ON=C1c1ccccc1. The molecular weight excluding hydrogens is 290 g/mol. The van der Waals surface area contributed by atoms with Gasteiger partial charge in [0.1, 0.15) is 16.9 Å². The van der Waals surface area contributed by atoms with Crippen molar-refractivity contribution in [3.05, 3.63) is 71.8 Å². The first kappa shape index (κ1) is 15.2. The van der Waals surface area contributed by atoms with Gasteiger partial charge in [0.2, 0.25) is 0 Å². The van der Waals surface area contributed by atoms with E-state index in [1.807, 2.05) is 60.7 Å². The molecule has 0 saturated heterocycles. The van der Waals surface area contributed by atoms with Crippen LogP contribution in [0.2, 0.25) is 0 Å². The van der Waals surface area contributed by atoms with Gasteiger partial charge in [0.05, 0.1) is 0 Å². The molecule has 23 heavy (non-hydrogen) atoms. The zero-order valence-corrected chi connectivity index (χ0v) is 12.9. The molecule has 0 amide bonds. The molecule has 0 aliphatic carbocycles. The second-order valence-corrected chi connectivity index (χ2v) is 5.66. The number of hydrogen-bond acceptors (Lipinski definition) is 4. The lowest BCUT2D eigenvalue weighted by Gasteiger charge is -2.26. The number of oxime groups is 1. The highest BCUT2D eigenvalue weighted by Gasteiger charge is 2.51. The summed E-state index contributed by atoms with van der Waals surface area (Å²) >= 11 is 0. The van der Waals surface area contributed by atoms with Gasteiger partial charge in [-0.15, -0.1) is 0 Å². The zero-order valence-electron chi connectivity index (χ0n) is 12.9. The highest BCUT2D eigenvalue weighted by molar-refractivity contribution is 6.22. The molecule has 0 aromatic heterocycles. The minimum atomic E-state index is -1.03. The Balaban J connectivity index is 2.14. The van der Waals surface area contributed by atoms with Crippen molar-refractivity contribution in [3.63, 3.8) is 0 Å². The van der Waals surface area contributed by atoms with Gasteiger partial charge >= 0.3 is 5.97 Å². The third-order valence-corrected chi connectivity index (χ3v) is 4.14. The van der Waals surface area contributed by atoms with E-state index in [4.69, 9.17) is 4.84 Å². The lowest BCUT2D eigenvalue weighted by atomic mass is 9.71. The Morgan fingerprint density at radius 3 is 2.26 bits per heavy atom. The first-order valence-electron chi connectivity index (χ1n) is 7.55. The van der Waals surface area contributed by atoms with Gasteiger partial charge in [-0.25, -0.2) is 4.79 Å². The number of benzene rings is 2. The normalized spacial score (nSPS) is 20.0. The highest BCUT2D eigenvalue weighted by Crippen LogP contribution is 2.39. The Morgan fingerprint density at radius 2 is 1.65 bits per heavy atom. The van der Waals surface area contributed by atoms with Gasteiger partial charge in [-0.3, -0.25) is 0 Å². The maximum Gasteiger partial charge on any atom is 0.351 e. The summed E-state index contributed by atoms with van der Waals surface area (Å²) in [6, 6.07) is 18.9. The molecule has 4 nitrogen and oxygen atoms in total. The summed E-state index contributed by atoms with van der Waals surface area (Å²) < 4.78 is 0. The van der Waals surface area contributed by atoms with E-state index < -0.39 is 11.4 Å². The molecule has 1 aliphatic heterocycles. The maximum atomic E-state index is 12.6. The minimum Gasteiger partial charge on any atom is -0.316 e. The largest absolute Gasteiger partial charge is 0.351 e. The predicted molar refractivity (Wildman–Crippen MR) is 87.1 cm³/mol. The number of ketones is 1. The first-order chi connectivity index (χ1) is 11.1. The molecule has 0 unspecified atom stereocenters. The van der Waals surface area contributed by atoms with Gasteiger partial charge in [0.25, 0.3) is 0 Å². The number of Topliss-reactive ketones (excluding diaryl/α,β-unsaturated/α-hetero) is 1. The molecule has 0 fully saturated rings. The summed E-state index contributed by atoms with van der Waals surface area (Å²) in [5.41, 5.74) is 1.15. The molecular formula is C19H17NO3. The van der Waals surface area contributed by atoms with E-state index in [-0.39, 0.29) is 12.2 Å². The Labute approximate surface area is 134 Å². The van der Waals surface area contributed by atoms with Crippen LogP contribution in [0.1, 0.15) is 30.9 Å². The van der Waals surface area contributed by atoms with E-state index in [2.05, 4.69) is 5.16 Å². The van der Waals surface area contributed by atoms with Gasteiger partial charge < -0.3 is 9.63 Å². The second kappa shape index (κ2) is 6.16. The van der Waals surface area contributed by atoms with E-state index >= 15 is 0 Å². The first-order valence-corrected chi connectivity index (χ1v) is 7.55. The van der Waals surface area contributed by atoms with Crippen LogP contribution in [0.15, 0.2) is 65.8 Å². The van der Waals surface area contributed by atoms with E-state index in [1.165, 1.54) is 6.92 Å². The van der Waals surface area contributed by atoms with Crippen molar-refractivity contribution in [1.82, 2.24) is 0 Å². The van der Waals surface area contributed by atoms with Gasteiger partial charge in [0, 0.05) is 12.0 Å². The monoisotopic (exact) mass is 307 g/mol. The molecule has 0 bridgehead atoms. The third kappa shape index (κ3) is 2.68. The molecule has 0 radical (unpaired) electrons. The summed E-state index contributed by atoms with van der Waals surface area (Å²) in [7, 11) is 0. The van der Waals surface area contributed by atoms with Crippen molar-refractivity contribution in [3.8, 4) is 0 Å². The minimum absolute atomic E-state index is 0.0346. The summed E-state index contributed by atoms with van der Waals surface area (Å²) in [5, 5.41) is 4.05. The molecule has 0 N–H and O–H groups in total. The van der Waals surface area contributed by atoms with Crippen LogP contribution in [0.4, 0.5) is 0 Å². The standard InChI is InChI=1S/C19H17NO3/c1-14(21)12-13-19(16-10-6-3-7-11-16)17(20-23-18(19)22)15-8-4-2-5-9-15/h2-11H,12-13H2,1H3/t19-/m0/s1. The molecule has 0 saturated carbocycles. The van der Waals surface area contributed by atoms with Crippen LogP contribution >= 0.6 is 0 Å². The van der Waals surface area contributed by atoms with Crippen LogP contribution in [-0.2, 0) is 19.8 Å². The third-order valence-electron chi connectivity index (χ3n) is 4.14. The van der Waals surface area contributed by atoms with Crippen LogP contribution in [-0.4, -0.2) is 17.5 Å². The fourth-order valence-corrected chi connectivity index (χ4v) is 2.94. The number of carbonyl (C=O) groups excluding carboxylic acids is 2. The van der Waals surface area contributed by atoms with Crippen LogP contribution in [0, 0.1) is 0 Å². The summed E-state index contributed by atoms with van der Waals surface area (Å²) in [5.74, 6) is -0.392. The zero-order chi connectivity index (χ0) is 16.3. The summed E-state index contributed by atoms with van der Waals surface area (Å²) in [6.07, 6.45) is 0.634. The summed E-state index contributed by atoms with van der Waals surface area (Å²) in [4.78, 5) is 29.2. The van der Waals surface area contributed by atoms with Gasteiger partial charge in [0.15, 0.2) is 0 Å². The highest BCUT2D eigenvalue weighted by atomic mass is 16.7. The van der Waals surface area contributed by atoms with E-state index in [9.17, 15) is 9.59 Å². The number of hydrogen-bond donors (Lipinski definition) is 0. The van der Waals surface area contributed by atoms with Crippen molar-refractivity contribution in [2.45, 2.75) is 25.2 Å². The number of rotatable bonds is 5. The molecule has 0 spiro atoms. The smallest absolute Gasteiger partial charge is 0.316 e. The Morgan fingerprint density at radius 1 is 1.04 bits per heavy atom. The van der Waals surface area contributed by atoms with Crippen molar-refractivity contribution in [1.29, 1.82) is 0 Å². The Kier molecular flexibility index (Phi) is 4.06. The van der Waals surface area contributed by atoms with Gasteiger partial charge in [-0.1, -0.05) is 65.8 Å². The Bertz CT molecular complexity index is 753. The molecule has 3 rings (SSSR count). The maximum absolute atomic E-state index is 12.6. The topological polar surface area (TPSA) is 55.7 Å². The molecule has 116 valence electrons. The lowest BCUT2D eigenvalue weighted by Crippen LogP contribution is -2.41. The number of nitrogens with zero attached hydrogens (tertiary/aromatic N) is 1. The van der Waals surface area contributed by atoms with Crippen LogP contribution < -0.4 is 0 Å². The molecule has 4 heteroatoms. The van der Waals surface area contributed by atoms with E-state index in [1.54, 1.807) is 0 Å². The fourth-order valence-electron chi connectivity index (χ4n) is 2.94. The molecule has 1 aliphatic rings.